The fourth-order valence-electron chi connectivity index (χ4n) is 3.73. The van der Waals surface area contributed by atoms with Gasteiger partial charge in [0.25, 0.3) is 5.91 Å². The van der Waals surface area contributed by atoms with E-state index >= 15 is 0 Å². The molecule has 0 unspecified atom stereocenters. The normalized spacial score (nSPS) is 18.8. The summed E-state index contributed by atoms with van der Waals surface area (Å²) in [6.07, 6.45) is 2.83. The van der Waals surface area contributed by atoms with Gasteiger partial charge in [0.15, 0.2) is 0 Å². The molecule has 0 aromatic heterocycles. The molecule has 5 nitrogen and oxygen atoms in total. The lowest BCUT2D eigenvalue weighted by Crippen LogP contribution is -2.41. The molecular formula is C21H29FN2O3. The summed E-state index contributed by atoms with van der Waals surface area (Å²) < 4.78 is 24.6. The van der Waals surface area contributed by atoms with Crippen LogP contribution in [0, 0.1) is 11.7 Å². The Bertz CT molecular complexity index is 684. The van der Waals surface area contributed by atoms with Gasteiger partial charge in [-0.2, -0.15) is 0 Å². The largest absolute Gasteiger partial charge is 0.491 e. The molecule has 27 heavy (non-hydrogen) atoms. The number of rotatable bonds is 6. The molecule has 2 aliphatic heterocycles. The monoisotopic (exact) mass is 376 g/mol. The summed E-state index contributed by atoms with van der Waals surface area (Å²) in [5.74, 6) is 1.17. The van der Waals surface area contributed by atoms with Gasteiger partial charge in [0.2, 0.25) is 5.76 Å². The van der Waals surface area contributed by atoms with Crippen molar-refractivity contribution in [3.05, 3.63) is 47.2 Å². The maximum absolute atomic E-state index is 13.7. The predicted octanol–water partition coefficient (Wildman–Crippen LogP) is 2.82. The average Bonchev–Trinajstić information content (AvgIpc) is 2.68. The summed E-state index contributed by atoms with van der Waals surface area (Å²) in [7, 11) is 1.82. The summed E-state index contributed by atoms with van der Waals surface area (Å²) >= 11 is 0. The molecule has 0 spiro atoms. The highest BCUT2D eigenvalue weighted by atomic mass is 19.1. The van der Waals surface area contributed by atoms with E-state index in [1.165, 1.54) is 6.07 Å². The Morgan fingerprint density at radius 3 is 2.63 bits per heavy atom. The van der Waals surface area contributed by atoms with Crippen molar-refractivity contribution >= 4 is 5.91 Å². The highest BCUT2D eigenvalue weighted by molar-refractivity contribution is 5.91. The Hall–Kier alpha value is -2.08. The maximum Gasteiger partial charge on any atom is 0.292 e. The first-order valence-electron chi connectivity index (χ1n) is 9.72. The second-order valence-electron chi connectivity index (χ2n) is 7.39. The maximum atomic E-state index is 13.7. The topological polar surface area (TPSA) is 42.0 Å². The zero-order valence-corrected chi connectivity index (χ0v) is 16.2. The molecule has 2 heterocycles. The van der Waals surface area contributed by atoms with Crippen LogP contribution in [-0.4, -0.2) is 62.1 Å². The van der Waals surface area contributed by atoms with E-state index in [0.717, 1.165) is 51.0 Å². The van der Waals surface area contributed by atoms with Crippen molar-refractivity contribution in [1.82, 2.24) is 9.80 Å². The van der Waals surface area contributed by atoms with E-state index in [0.29, 0.717) is 30.6 Å². The van der Waals surface area contributed by atoms with Gasteiger partial charge in [0.05, 0.1) is 0 Å². The Kier molecular flexibility index (Phi) is 6.72. The number of allylic oxidation sites excluding steroid dienone is 1. The molecule has 0 N–H and O–H groups in total. The first-order valence-corrected chi connectivity index (χ1v) is 9.72. The third-order valence-corrected chi connectivity index (χ3v) is 5.40. The van der Waals surface area contributed by atoms with E-state index in [4.69, 9.17) is 9.47 Å². The third-order valence-electron chi connectivity index (χ3n) is 5.40. The van der Waals surface area contributed by atoms with Crippen LogP contribution in [0.2, 0.25) is 0 Å². The van der Waals surface area contributed by atoms with Crippen LogP contribution >= 0.6 is 0 Å². The molecule has 0 radical (unpaired) electrons. The minimum absolute atomic E-state index is 0.103. The lowest BCUT2D eigenvalue weighted by molar-refractivity contribution is -0.132. The second kappa shape index (κ2) is 9.22. The van der Waals surface area contributed by atoms with Crippen LogP contribution in [0.3, 0.4) is 0 Å². The number of benzene rings is 1. The van der Waals surface area contributed by atoms with Crippen LogP contribution in [-0.2, 0) is 20.7 Å². The molecule has 148 valence electrons. The fourth-order valence-corrected chi connectivity index (χ4v) is 3.73. The second-order valence-corrected chi connectivity index (χ2v) is 7.39. The SMILES string of the molecule is CC1=C(C(=O)N(C)CC2CCN(CCc3ccccc3F)CC2)OCCO1. The lowest BCUT2D eigenvalue weighted by Gasteiger charge is -2.34. The number of amides is 1. The number of carbonyl (C=O) groups is 1. The van der Waals surface area contributed by atoms with Crippen LogP contribution in [0.25, 0.3) is 0 Å². The Labute approximate surface area is 160 Å². The molecule has 6 heteroatoms. The van der Waals surface area contributed by atoms with E-state index < -0.39 is 0 Å². The predicted molar refractivity (Wildman–Crippen MR) is 102 cm³/mol. The summed E-state index contributed by atoms with van der Waals surface area (Å²) in [5, 5.41) is 0. The minimum Gasteiger partial charge on any atom is -0.491 e. The van der Waals surface area contributed by atoms with Gasteiger partial charge in [0.1, 0.15) is 24.8 Å². The number of likely N-dealkylation sites (N-methyl/N-ethyl adjacent to an activating group) is 1. The highest BCUT2D eigenvalue weighted by Gasteiger charge is 2.26. The number of halogens is 1. The van der Waals surface area contributed by atoms with E-state index in [1.807, 2.05) is 19.2 Å². The molecule has 1 amide bonds. The number of likely N-dealkylation sites (tertiary alicyclic amines) is 1. The molecule has 2 aliphatic rings. The zero-order valence-electron chi connectivity index (χ0n) is 16.2. The molecule has 1 fully saturated rings. The van der Waals surface area contributed by atoms with Crippen LogP contribution in [0.1, 0.15) is 25.3 Å². The standard InChI is InChI=1S/C21H29FN2O3/c1-16-20(27-14-13-26-16)21(25)23(2)15-17-7-10-24(11-8-17)12-9-18-5-3-4-6-19(18)22/h3-6,17H,7-15H2,1-2H3. The van der Waals surface area contributed by atoms with Crippen LogP contribution in [0.15, 0.2) is 35.8 Å². The van der Waals surface area contributed by atoms with Crippen LogP contribution < -0.4 is 0 Å². The smallest absolute Gasteiger partial charge is 0.292 e. The molecular weight excluding hydrogens is 347 g/mol. The third kappa shape index (κ3) is 5.22. The van der Waals surface area contributed by atoms with Crippen LogP contribution in [0.4, 0.5) is 4.39 Å². The van der Waals surface area contributed by atoms with Crippen LogP contribution in [0.5, 0.6) is 0 Å². The van der Waals surface area contributed by atoms with Gasteiger partial charge in [-0.15, -0.1) is 0 Å². The van der Waals surface area contributed by atoms with E-state index in [2.05, 4.69) is 4.90 Å². The van der Waals surface area contributed by atoms with E-state index in [1.54, 1.807) is 17.9 Å². The molecule has 1 aromatic carbocycles. The van der Waals surface area contributed by atoms with Gasteiger partial charge in [0, 0.05) is 20.1 Å². The first-order chi connectivity index (χ1) is 13.0. The van der Waals surface area contributed by atoms with E-state index in [9.17, 15) is 9.18 Å². The Morgan fingerprint density at radius 2 is 1.93 bits per heavy atom. The molecule has 3 rings (SSSR count). The molecule has 0 bridgehead atoms. The van der Waals surface area contributed by atoms with Crippen molar-refractivity contribution in [2.45, 2.75) is 26.2 Å². The quantitative estimate of drug-likeness (QED) is 0.766. The number of carbonyl (C=O) groups excluding carboxylic acids is 1. The summed E-state index contributed by atoms with van der Waals surface area (Å²) in [6, 6.07) is 6.99. The number of ether oxygens (including phenoxy) is 2. The zero-order chi connectivity index (χ0) is 19.2. The van der Waals surface area contributed by atoms with Gasteiger partial charge >= 0.3 is 0 Å². The average molecular weight is 376 g/mol. The number of piperidine rings is 1. The summed E-state index contributed by atoms with van der Waals surface area (Å²) in [6.45, 7) is 6.27. The Balaban J connectivity index is 1.42. The van der Waals surface area contributed by atoms with Crippen molar-refractivity contribution in [2.24, 2.45) is 5.92 Å². The number of hydrogen-bond donors (Lipinski definition) is 0. The minimum atomic E-state index is -0.119. The molecule has 0 saturated carbocycles. The van der Waals surface area contributed by atoms with Gasteiger partial charge in [-0.05, 0) is 56.8 Å². The summed E-state index contributed by atoms with van der Waals surface area (Å²) in [4.78, 5) is 16.7. The van der Waals surface area contributed by atoms with Crippen molar-refractivity contribution < 1.29 is 18.7 Å². The van der Waals surface area contributed by atoms with Crippen molar-refractivity contribution in [2.75, 3.05) is 46.4 Å². The van der Waals surface area contributed by atoms with Gasteiger partial charge in [-0.3, -0.25) is 4.79 Å². The van der Waals surface area contributed by atoms with Crippen molar-refractivity contribution in [3.8, 4) is 0 Å². The first kappa shape index (κ1) is 19.7. The lowest BCUT2D eigenvalue weighted by atomic mass is 9.96. The van der Waals surface area contributed by atoms with Crippen molar-refractivity contribution in [1.29, 1.82) is 0 Å². The van der Waals surface area contributed by atoms with Gasteiger partial charge < -0.3 is 19.3 Å². The highest BCUT2D eigenvalue weighted by Crippen LogP contribution is 2.21. The van der Waals surface area contributed by atoms with Gasteiger partial charge in [-0.25, -0.2) is 4.39 Å². The molecule has 1 saturated heterocycles. The molecule has 0 atom stereocenters. The van der Waals surface area contributed by atoms with E-state index in [-0.39, 0.29) is 11.7 Å². The molecule has 1 aromatic rings. The Morgan fingerprint density at radius 1 is 1.22 bits per heavy atom. The summed E-state index contributed by atoms with van der Waals surface area (Å²) in [5.41, 5.74) is 0.781. The van der Waals surface area contributed by atoms with Gasteiger partial charge in [-0.1, -0.05) is 18.2 Å². The fraction of sp³-hybridized carbons (Fsp3) is 0.571. The van der Waals surface area contributed by atoms with Crippen molar-refractivity contribution in [3.63, 3.8) is 0 Å². The molecule has 0 aliphatic carbocycles. The number of nitrogens with zero attached hydrogens (tertiary/aromatic N) is 2. The number of hydrogen-bond acceptors (Lipinski definition) is 4.